The van der Waals surface area contributed by atoms with Gasteiger partial charge in [-0.05, 0) is 49.2 Å². The molecule has 1 atom stereocenters. The van der Waals surface area contributed by atoms with Gasteiger partial charge in [0.1, 0.15) is 11.6 Å². The lowest BCUT2D eigenvalue weighted by atomic mass is 10.1. The summed E-state index contributed by atoms with van der Waals surface area (Å²) in [6, 6.07) is 15.7. The highest BCUT2D eigenvalue weighted by Gasteiger charge is 2.23. The molecule has 0 aliphatic heterocycles. The Hall–Kier alpha value is -2.78. The number of hydrogen-bond acceptors (Lipinski definition) is 6. The minimum Gasteiger partial charge on any atom is -0.439 e. The van der Waals surface area contributed by atoms with Crippen LogP contribution in [-0.4, -0.2) is 65.9 Å². The fourth-order valence-electron chi connectivity index (χ4n) is 3.88. The molecule has 0 bridgehead atoms. The largest absolute Gasteiger partial charge is 0.439 e. The number of rotatable bonds is 16. The molecule has 8 heteroatoms. The van der Waals surface area contributed by atoms with E-state index in [0.717, 1.165) is 29.8 Å². The van der Waals surface area contributed by atoms with Gasteiger partial charge in [0.05, 0.1) is 36.3 Å². The van der Waals surface area contributed by atoms with Crippen LogP contribution in [0.25, 0.3) is 5.69 Å². The number of halogens is 1. The monoisotopic (exact) mass is 499 g/mol. The van der Waals surface area contributed by atoms with Crippen molar-refractivity contribution in [3.05, 3.63) is 71.7 Å². The van der Waals surface area contributed by atoms with Crippen LogP contribution in [0.1, 0.15) is 37.9 Å². The number of aliphatic hydroxyl groups is 1. The summed E-state index contributed by atoms with van der Waals surface area (Å²) in [6.07, 6.45) is 2.10. The van der Waals surface area contributed by atoms with Gasteiger partial charge in [-0.3, -0.25) is 4.90 Å². The Balaban J connectivity index is 1.91. The number of methoxy groups -OCH3 is 1. The third-order valence-electron chi connectivity index (χ3n) is 5.80. The van der Waals surface area contributed by atoms with E-state index in [4.69, 9.17) is 19.3 Å². The molecule has 7 nitrogen and oxygen atoms in total. The molecule has 0 aliphatic carbocycles. The number of para-hydroxylation sites is 1. The molecule has 0 amide bonds. The maximum absolute atomic E-state index is 13.5. The first-order chi connectivity index (χ1) is 17.5. The second-order valence-electron chi connectivity index (χ2n) is 8.70. The van der Waals surface area contributed by atoms with Crippen molar-refractivity contribution >= 4 is 0 Å². The predicted molar refractivity (Wildman–Crippen MR) is 138 cm³/mol. The quantitative estimate of drug-likeness (QED) is 0.280. The van der Waals surface area contributed by atoms with Crippen molar-refractivity contribution in [1.29, 1.82) is 0 Å². The molecule has 36 heavy (non-hydrogen) atoms. The Morgan fingerprint density at radius 3 is 2.47 bits per heavy atom. The SMILES string of the molecule is CCCCOC[C@@H](O)CN(CCOC)Cc1c(CC)nn(-c2ccccc2)c1Oc1ccc(F)cc1. The zero-order valence-electron chi connectivity index (χ0n) is 21.5. The van der Waals surface area contributed by atoms with Crippen LogP contribution in [-0.2, 0) is 22.4 Å². The lowest BCUT2D eigenvalue weighted by Gasteiger charge is -2.25. The normalized spacial score (nSPS) is 12.3. The van der Waals surface area contributed by atoms with Crippen LogP contribution >= 0.6 is 0 Å². The molecule has 0 aliphatic rings. The number of nitrogens with zero attached hydrogens (tertiary/aromatic N) is 3. The summed E-state index contributed by atoms with van der Waals surface area (Å²) in [4.78, 5) is 2.13. The Morgan fingerprint density at radius 2 is 1.81 bits per heavy atom. The highest BCUT2D eigenvalue weighted by Crippen LogP contribution is 2.32. The highest BCUT2D eigenvalue weighted by molar-refractivity contribution is 5.43. The van der Waals surface area contributed by atoms with Crippen molar-refractivity contribution in [3.63, 3.8) is 0 Å². The molecule has 0 saturated carbocycles. The maximum atomic E-state index is 13.5. The highest BCUT2D eigenvalue weighted by atomic mass is 19.1. The summed E-state index contributed by atoms with van der Waals surface area (Å²) in [5.41, 5.74) is 2.68. The molecule has 0 spiro atoms. The molecular weight excluding hydrogens is 461 g/mol. The number of aliphatic hydroxyl groups excluding tert-OH is 1. The third-order valence-corrected chi connectivity index (χ3v) is 5.80. The molecule has 1 N–H and O–H groups in total. The number of benzene rings is 2. The Morgan fingerprint density at radius 1 is 1.06 bits per heavy atom. The Labute approximate surface area is 213 Å². The molecule has 196 valence electrons. The molecule has 1 aromatic heterocycles. The van der Waals surface area contributed by atoms with E-state index in [1.54, 1.807) is 23.9 Å². The zero-order valence-corrected chi connectivity index (χ0v) is 21.5. The van der Waals surface area contributed by atoms with E-state index in [2.05, 4.69) is 18.7 Å². The zero-order chi connectivity index (χ0) is 25.8. The van der Waals surface area contributed by atoms with Crippen molar-refractivity contribution < 1.29 is 23.7 Å². The van der Waals surface area contributed by atoms with Crippen molar-refractivity contribution in [3.8, 4) is 17.3 Å². The number of unbranched alkanes of at least 4 members (excludes halogenated alkanes) is 1. The van der Waals surface area contributed by atoms with Crippen molar-refractivity contribution in [2.45, 2.75) is 45.8 Å². The van der Waals surface area contributed by atoms with Gasteiger partial charge in [-0.15, -0.1) is 0 Å². The fraction of sp³-hybridized carbons (Fsp3) is 0.464. The first kappa shape index (κ1) is 27.8. The summed E-state index contributed by atoms with van der Waals surface area (Å²) in [7, 11) is 1.66. The lowest BCUT2D eigenvalue weighted by Crippen LogP contribution is -2.36. The topological polar surface area (TPSA) is 69.0 Å². The molecule has 0 radical (unpaired) electrons. The Kier molecular flexibility index (Phi) is 11.4. The van der Waals surface area contributed by atoms with E-state index < -0.39 is 6.10 Å². The molecule has 2 aromatic carbocycles. The number of ether oxygens (including phenoxy) is 3. The van der Waals surface area contributed by atoms with Gasteiger partial charge < -0.3 is 19.3 Å². The summed E-state index contributed by atoms with van der Waals surface area (Å²) in [5.74, 6) is 0.764. The average Bonchev–Trinajstić information content (AvgIpc) is 3.23. The van der Waals surface area contributed by atoms with Gasteiger partial charge in [0.15, 0.2) is 0 Å². The second kappa shape index (κ2) is 14.7. The van der Waals surface area contributed by atoms with Crippen LogP contribution in [0.3, 0.4) is 0 Å². The molecule has 0 fully saturated rings. The third kappa shape index (κ3) is 8.13. The smallest absolute Gasteiger partial charge is 0.227 e. The summed E-state index contributed by atoms with van der Waals surface area (Å²) in [6.45, 7) is 7.16. The minimum atomic E-state index is -0.630. The van der Waals surface area contributed by atoms with E-state index in [0.29, 0.717) is 50.9 Å². The molecule has 3 rings (SSSR count). The van der Waals surface area contributed by atoms with Crippen LogP contribution in [0.15, 0.2) is 54.6 Å². The predicted octanol–water partition coefficient (Wildman–Crippen LogP) is 4.99. The summed E-state index contributed by atoms with van der Waals surface area (Å²) < 4.78 is 32.6. The summed E-state index contributed by atoms with van der Waals surface area (Å²) in [5, 5.41) is 15.5. The fourth-order valence-corrected chi connectivity index (χ4v) is 3.88. The maximum Gasteiger partial charge on any atom is 0.227 e. The van der Waals surface area contributed by atoms with Crippen molar-refractivity contribution in [2.75, 3.05) is 40.0 Å². The van der Waals surface area contributed by atoms with Crippen molar-refractivity contribution in [2.24, 2.45) is 0 Å². The first-order valence-corrected chi connectivity index (χ1v) is 12.6. The average molecular weight is 500 g/mol. The minimum absolute atomic E-state index is 0.284. The van der Waals surface area contributed by atoms with Gasteiger partial charge in [-0.1, -0.05) is 38.5 Å². The number of hydrogen-bond donors (Lipinski definition) is 1. The van der Waals surface area contributed by atoms with Crippen LogP contribution in [0, 0.1) is 5.82 Å². The van der Waals surface area contributed by atoms with Gasteiger partial charge in [-0.2, -0.15) is 5.10 Å². The van der Waals surface area contributed by atoms with E-state index in [9.17, 15) is 9.50 Å². The van der Waals surface area contributed by atoms with Crippen LogP contribution in [0.5, 0.6) is 11.6 Å². The Bertz CT molecular complexity index is 1030. The molecular formula is C28H38FN3O4. The van der Waals surface area contributed by atoms with Gasteiger partial charge in [-0.25, -0.2) is 9.07 Å². The van der Waals surface area contributed by atoms with Crippen molar-refractivity contribution in [1.82, 2.24) is 14.7 Å². The second-order valence-corrected chi connectivity index (χ2v) is 8.70. The number of aryl methyl sites for hydroxylation is 1. The van der Waals surface area contributed by atoms with E-state index in [1.165, 1.54) is 12.1 Å². The van der Waals surface area contributed by atoms with Crippen LogP contribution in [0.4, 0.5) is 4.39 Å². The van der Waals surface area contributed by atoms with Gasteiger partial charge >= 0.3 is 0 Å². The van der Waals surface area contributed by atoms with Crippen LogP contribution in [0.2, 0.25) is 0 Å². The first-order valence-electron chi connectivity index (χ1n) is 12.6. The van der Waals surface area contributed by atoms with Crippen LogP contribution < -0.4 is 4.74 Å². The van der Waals surface area contributed by atoms with E-state index in [1.807, 2.05) is 30.3 Å². The number of aromatic nitrogens is 2. The van der Waals surface area contributed by atoms with E-state index >= 15 is 0 Å². The summed E-state index contributed by atoms with van der Waals surface area (Å²) >= 11 is 0. The lowest BCUT2D eigenvalue weighted by molar-refractivity contribution is 0.0100. The van der Waals surface area contributed by atoms with Gasteiger partial charge in [0.2, 0.25) is 5.88 Å². The molecule has 1 heterocycles. The molecule has 0 saturated heterocycles. The molecule has 0 unspecified atom stereocenters. The molecule has 3 aromatic rings. The standard InChI is InChI=1S/C28H38FN3O4/c1-4-6-17-35-21-24(33)19-31(16-18-34-3)20-26-27(5-2)30-32(23-10-8-7-9-11-23)28(26)36-25-14-12-22(29)13-15-25/h7-15,24,33H,4-6,16-21H2,1-3H3/t24-/m0/s1. The van der Waals surface area contributed by atoms with Gasteiger partial charge in [0.25, 0.3) is 0 Å². The van der Waals surface area contributed by atoms with Gasteiger partial charge in [0, 0.05) is 33.4 Å². The van der Waals surface area contributed by atoms with E-state index in [-0.39, 0.29) is 12.4 Å².